The van der Waals surface area contributed by atoms with Crippen LogP contribution in [-0.4, -0.2) is 53.4 Å². The zero-order chi connectivity index (χ0) is 22.7. The lowest BCUT2D eigenvalue weighted by Gasteiger charge is -2.60. The Bertz CT molecular complexity index is 829. The van der Waals surface area contributed by atoms with Crippen molar-refractivity contribution in [3.05, 3.63) is 22.9 Å². The topological polar surface area (TPSA) is 72.8 Å². The molecule has 2 saturated carbocycles. The van der Waals surface area contributed by atoms with Gasteiger partial charge in [0.25, 0.3) is 0 Å². The van der Waals surface area contributed by atoms with Gasteiger partial charge in [-0.25, -0.2) is 0 Å². The number of hydrogen-bond donors (Lipinski definition) is 3. The van der Waals surface area contributed by atoms with Crippen molar-refractivity contribution in [2.45, 2.75) is 78.2 Å². The molecule has 3 N–H and O–H groups in total. The largest absolute Gasteiger partial charge is 0.481 e. The molecule has 1 saturated heterocycles. The van der Waals surface area contributed by atoms with Gasteiger partial charge in [0, 0.05) is 37.3 Å². The number of aliphatic carboxylic acids is 1. The Morgan fingerprint density at radius 2 is 1.84 bits per heavy atom. The number of nitrogens with one attached hydrogen (secondary N) is 1. The Hall–Kier alpha value is -1.33. The molecule has 3 fully saturated rings. The van der Waals surface area contributed by atoms with Crippen molar-refractivity contribution in [3.8, 4) is 0 Å². The second kappa shape index (κ2) is 8.16. The third kappa shape index (κ3) is 3.37. The molecule has 178 valence electrons. The fourth-order valence-electron chi connectivity index (χ4n) is 8.77. The molecular weight excluding hydrogens is 400 g/mol. The van der Waals surface area contributed by atoms with Gasteiger partial charge in [0.05, 0.1) is 12.5 Å². The van der Waals surface area contributed by atoms with Gasteiger partial charge in [-0.2, -0.15) is 0 Å². The van der Waals surface area contributed by atoms with Crippen LogP contribution >= 0.6 is 0 Å². The second-order valence-corrected chi connectivity index (χ2v) is 11.8. The second-order valence-electron chi connectivity index (χ2n) is 11.8. The smallest absolute Gasteiger partial charge is 0.307 e. The first kappa shape index (κ1) is 22.5. The highest BCUT2D eigenvalue weighted by atomic mass is 16.4. The lowest BCUT2D eigenvalue weighted by Crippen LogP contribution is -2.54. The van der Waals surface area contributed by atoms with Gasteiger partial charge in [-0.05, 0) is 79.6 Å². The number of carbonyl (C=O) groups is 1. The van der Waals surface area contributed by atoms with Crippen LogP contribution in [0.25, 0.3) is 0 Å². The van der Waals surface area contributed by atoms with Crippen molar-refractivity contribution in [2.24, 2.45) is 34.5 Å². The van der Waals surface area contributed by atoms with E-state index in [9.17, 15) is 15.0 Å². The maximum absolute atomic E-state index is 11.9. The van der Waals surface area contributed by atoms with E-state index in [2.05, 4.69) is 37.1 Å². The van der Waals surface area contributed by atoms with Gasteiger partial charge in [-0.1, -0.05) is 32.4 Å². The van der Waals surface area contributed by atoms with Gasteiger partial charge in [0.1, 0.15) is 0 Å². The summed E-state index contributed by atoms with van der Waals surface area (Å²) in [6.07, 6.45) is 9.96. The minimum atomic E-state index is -0.683. The maximum Gasteiger partial charge on any atom is 0.307 e. The Morgan fingerprint density at radius 3 is 2.53 bits per heavy atom. The summed E-state index contributed by atoms with van der Waals surface area (Å²) in [7, 11) is 0. The van der Waals surface area contributed by atoms with Crippen LogP contribution < -0.4 is 5.32 Å². The van der Waals surface area contributed by atoms with Gasteiger partial charge in [0.15, 0.2) is 0 Å². The summed E-state index contributed by atoms with van der Waals surface area (Å²) in [5, 5.41) is 23.6. The number of carboxylic acids is 1. The summed E-state index contributed by atoms with van der Waals surface area (Å²) in [5.74, 6) is 1.68. The number of piperazine rings is 1. The van der Waals surface area contributed by atoms with E-state index in [0.717, 1.165) is 58.3 Å². The zero-order valence-corrected chi connectivity index (χ0v) is 20.2. The van der Waals surface area contributed by atoms with Crippen LogP contribution in [0.4, 0.5) is 0 Å². The van der Waals surface area contributed by atoms with Gasteiger partial charge >= 0.3 is 5.97 Å². The number of nitrogens with zero attached hydrogens (tertiary/aromatic N) is 1. The lowest BCUT2D eigenvalue weighted by molar-refractivity contribution is -0.136. The zero-order valence-electron chi connectivity index (χ0n) is 20.2. The Balaban J connectivity index is 1.54. The van der Waals surface area contributed by atoms with Crippen LogP contribution in [0.5, 0.6) is 0 Å². The minimum Gasteiger partial charge on any atom is -0.481 e. The fraction of sp³-hybridized carbons (Fsp3) is 0.815. The number of aliphatic hydroxyl groups excluding tert-OH is 1. The van der Waals surface area contributed by atoms with E-state index in [1.807, 2.05) is 0 Å². The van der Waals surface area contributed by atoms with Gasteiger partial charge in [-0.15, -0.1) is 0 Å². The molecule has 1 aliphatic heterocycles. The first-order chi connectivity index (χ1) is 15.3. The average molecular weight is 443 g/mol. The van der Waals surface area contributed by atoms with E-state index < -0.39 is 5.97 Å². The van der Waals surface area contributed by atoms with E-state index in [0.29, 0.717) is 23.7 Å². The third-order valence-electron chi connectivity index (χ3n) is 10.2. The number of rotatable bonds is 4. The Kier molecular flexibility index (Phi) is 5.73. The molecule has 32 heavy (non-hydrogen) atoms. The molecule has 1 heterocycles. The van der Waals surface area contributed by atoms with Gasteiger partial charge < -0.3 is 20.4 Å². The number of fused-ring (bicyclic) bond motifs is 5. The van der Waals surface area contributed by atoms with E-state index >= 15 is 0 Å². The summed E-state index contributed by atoms with van der Waals surface area (Å²) in [6.45, 7) is 11.2. The molecular formula is C27H42N2O3. The normalized spacial score (nSPS) is 43.9. The summed E-state index contributed by atoms with van der Waals surface area (Å²) in [4.78, 5) is 14.4. The molecule has 0 aromatic rings. The molecule has 5 nitrogen and oxygen atoms in total. The van der Waals surface area contributed by atoms with Crippen molar-refractivity contribution >= 4 is 5.97 Å². The van der Waals surface area contributed by atoms with Crippen LogP contribution in [-0.2, 0) is 4.79 Å². The molecule has 0 radical (unpaired) electrons. The van der Waals surface area contributed by atoms with E-state index in [-0.39, 0.29) is 23.4 Å². The molecule has 0 aromatic carbocycles. The Morgan fingerprint density at radius 1 is 1.12 bits per heavy atom. The summed E-state index contributed by atoms with van der Waals surface area (Å²) < 4.78 is 0. The maximum atomic E-state index is 11.9. The summed E-state index contributed by atoms with van der Waals surface area (Å²) in [6, 6.07) is 0. The molecule has 0 bridgehead atoms. The number of hydrogen-bond acceptors (Lipinski definition) is 4. The summed E-state index contributed by atoms with van der Waals surface area (Å²) in [5.41, 5.74) is 4.43. The van der Waals surface area contributed by atoms with E-state index in [1.165, 1.54) is 29.7 Å². The first-order valence-corrected chi connectivity index (χ1v) is 13.1. The van der Waals surface area contributed by atoms with Gasteiger partial charge in [0.2, 0.25) is 0 Å². The first-order valence-electron chi connectivity index (χ1n) is 13.1. The van der Waals surface area contributed by atoms with Crippen LogP contribution in [0.3, 0.4) is 0 Å². The van der Waals surface area contributed by atoms with Crippen LogP contribution in [0.1, 0.15) is 72.1 Å². The highest BCUT2D eigenvalue weighted by molar-refractivity contribution is 5.70. The highest BCUT2D eigenvalue weighted by Crippen LogP contribution is 2.68. The third-order valence-corrected chi connectivity index (χ3v) is 10.2. The summed E-state index contributed by atoms with van der Waals surface area (Å²) >= 11 is 0. The van der Waals surface area contributed by atoms with E-state index in [4.69, 9.17) is 0 Å². The number of allylic oxidation sites excluding steroid dienone is 2. The SMILES string of the molecule is CC[C@H]1C=C2C[C@@H](O)CC[C@]2(C)[C@H]2CC[C@]3(C)C(N4CCNCC4)=C(CC(=O)O)C[C@H]3[C@H]12. The lowest BCUT2D eigenvalue weighted by atomic mass is 9.45. The molecule has 5 heteroatoms. The average Bonchev–Trinajstić information content (AvgIpc) is 3.05. The molecule has 5 rings (SSSR count). The molecule has 0 aromatic heterocycles. The monoisotopic (exact) mass is 442 g/mol. The quantitative estimate of drug-likeness (QED) is 0.570. The van der Waals surface area contributed by atoms with Crippen LogP contribution in [0.15, 0.2) is 22.9 Å². The van der Waals surface area contributed by atoms with Crippen LogP contribution in [0.2, 0.25) is 0 Å². The van der Waals surface area contributed by atoms with Crippen molar-refractivity contribution in [3.63, 3.8) is 0 Å². The molecule has 0 unspecified atom stereocenters. The highest BCUT2D eigenvalue weighted by Gasteiger charge is 2.60. The van der Waals surface area contributed by atoms with Crippen molar-refractivity contribution in [1.82, 2.24) is 10.2 Å². The predicted molar refractivity (Wildman–Crippen MR) is 126 cm³/mol. The number of aliphatic hydroxyl groups is 1. The molecule has 5 aliphatic rings. The van der Waals surface area contributed by atoms with Crippen LogP contribution in [0, 0.1) is 34.5 Å². The predicted octanol–water partition coefficient (Wildman–Crippen LogP) is 4.19. The van der Waals surface area contributed by atoms with E-state index in [1.54, 1.807) is 0 Å². The minimum absolute atomic E-state index is 0.0899. The Labute approximate surface area is 193 Å². The van der Waals surface area contributed by atoms with Crippen molar-refractivity contribution < 1.29 is 15.0 Å². The molecule has 0 spiro atoms. The number of carboxylic acid groups (broad SMARTS) is 1. The molecule has 0 amide bonds. The molecule has 4 aliphatic carbocycles. The van der Waals surface area contributed by atoms with Crippen molar-refractivity contribution in [1.29, 1.82) is 0 Å². The fourth-order valence-corrected chi connectivity index (χ4v) is 8.77. The standard InChI is InChI=1S/C27H42N2O3/c1-4-17-13-19-16-20(30)5-7-26(19,2)21-6-8-27(3)22(24(17)21)14-18(15-23(31)32)25(27)29-11-9-28-10-12-29/h13,17,20-22,24,28,30H,4-12,14-16H2,1-3H3,(H,31,32)/t17-,20-,21-,22-,24+,26-,27-/m0/s1. The van der Waals surface area contributed by atoms with Gasteiger partial charge in [-0.3, -0.25) is 4.79 Å². The molecule has 7 atom stereocenters. The van der Waals surface area contributed by atoms with Crippen molar-refractivity contribution in [2.75, 3.05) is 26.2 Å².